The summed E-state index contributed by atoms with van der Waals surface area (Å²) in [5, 5.41) is 2.69. The summed E-state index contributed by atoms with van der Waals surface area (Å²) in [5.41, 5.74) is 1.94. The number of carbonyl (C=O) groups excluding carboxylic acids is 3. The fraction of sp³-hybridized carbons (Fsp3) is 0.148. The summed E-state index contributed by atoms with van der Waals surface area (Å²) in [5.74, 6) is -1.17. The van der Waals surface area contributed by atoms with Gasteiger partial charge in [0.2, 0.25) is 0 Å². The second-order valence-corrected chi connectivity index (χ2v) is 10.2. The fourth-order valence-electron chi connectivity index (χ4n) is 3.60. The molecule has 1 N–H and O–H groups in total. The maximum absolute atomic E-state index is 12.9. The highest BCUT2D eigenvalue weighted by Gasteiger charge is 2.39. The second-order valence-electron chi connectivity index (χ2n) is 8.95. The first-order valence-corrected chi connectivity index (χ1v) is 12.0. The number of rotatable bonds is 5. The topological polar surface area (TPSA) is 75.7 Å². The van der Waals surface area contributed by atoms with Crippen molar-refractivity contribution >= 4 is 56.7 Å². The van der Waals surface area contributed by atoms with E-state index in [9.17, 15) is 14.4 Å². The smallest absolute Gasteiger partial charge is 0.343 e. The van der Waals surface area contributed by atoms with Crippen LogP contribution in [0.3, 0.4) is 0 Å². The molecule has 0 bridgehead atoms. The summed E-state index contributed by atoms with van der Waals surface area (Å²) < 4.78 is 6.47. The fourth-order valence-corrected chi connectivity index (χ4v) is 4.08. The standard InChI is InChI=1S/C27H22BrClN2O4/c1-27(2,3)20-6-4-5-7-21(20)35-26(34)16-8-12-18(13-9-16)30-23-22(29)24(32)31(25(23)33)19-14-10-17(28)11-15-19/h4-15,30H,1-3H3. The van der Waals surface area contributed by atoms with Crippen LogP contribution in [0, 0.1) is 0 Å². The van der Waals surface area contributed by atoms with E-state index >= 15 is 0 Å². The summed E-state index contributed by atoms with van der Waals surface area (Å²) in [4.78, 5) is 39.3. The van der Waals surface area contributed by atoms with Crippen molar-refractivity contribution in [3.05, 3.63) is 99.1 Å². The lowest BCUT2D eigenvalue weighted by Gasteiger charge is -2.22. The Morgan fingerprint density at radius 1 is 0.914 bits per heavy atom. The average molecular weight is 554 g/mol. The number of nitrogens with one attached hydrogen (secondary N) is 1. The van der Waals surface area contributed by atoms with Crippen LogP contribution in [0.25, 0.3) is 0 Å². The molecule has 4 rings (SSSR count). The van der Waals surface area contributed by atoms with E-state index < -0.39 is 17.8 Å². The first-order valence-electron chi connectivity index (χ1n) is 10.8. The molecular weight excluding hydrogens is 532 g/mol. The zero-order valence-corrected chi connectivity index (χ0v) is 21.6. The van der Waals surface area contributed by atoms with Crippen LogP contribution >= 0.6 is 27.5 Å². The average Bonchev–Trinajstić information content (AvgIpc) is 3.03. The normalized spacial score (nSPS) is 13.9. The van der Waals surface area contributed by atoms with Gasteiger partial charge in [0.15, 0.2) is 0 Å². The Kier molecular flexibility index (Phi) is 6.83. The Balaban J connectivity index is 1.49. The van der Waals surface area contributed by atoms with Gasteiger partial charge in [0.05, 0.1) is 11.3 Å². The van der Waals surface area contributed by atoms with E-state index in [1.807, 2.05) is 39.0 Å². The van der Waals surface area contributed by atoms with Gasteiger partial charge in [0.1, 0.15) is 16.5 Å². The zero-order chi connectivity index (χ0) is 25.3. The van der Waals surface area contributed by atoms with Gasteiger partial charge in [-0.25, -0.2) is 9.69 Å². The number of imide groups is 1. The summed E-state index contributed by atoms with van der Waals surface area (Å²) >= 11 is 9.52. The molecule has 0 unspecified atom stereocenters. The predicted molar refractivity (Wildman–Crippen MR) is 140 cm³/mol. The van der Waals surface area contributed by atoms with Gasteiger partial charge in [-0.1, -0.05) is 66.5 Å². The minimum atomic E-state index is -0.612. The molecule has 1 aliphatic heterocycles. The molecule has 178 valence electrons. The van der Waals surface area contributed by atoms with Crippen LogP contribution in [0.1, 0.15) is 36.7 Å². The molecule has 0 saturated carbocycles. The van der Waals surface area contributed by atoms with Crippen LogP contribution in [0.5, 0.6) is 5.75 Å². The number of ether oxygens (including phenoxy) is 1. The Labute approximate surface area is 216 Å². The Bertz CT molecular complexity index is 1340. The van der Waals surface area contributed by atoms with Crippen molar-refractivity contribution < 1.29 is 19.1 Å². The van der Waals surface area contributed by atoms with Gasteiger partial charge in [-0.15, -0.1) is 0 Å². The number of carbonyl (C=O) groups is 3. The first kappa shape index (κ1) is 24.7. The van der Waals surface area contributed by atoms with E-state index in [0.29, 0.717) is 22.7 Å². The van der Waals surface area contributed by atoms with Crippen LogP contribution in [0.15, 0.2) is 88.0 Å². The molecule has 0 fully saturated rings. The van der Waals surface area contributed by atoms with Gasteiger partial charge in [0, 0.05) is 15.7 Å². The molecule has 8 heteroatoms. The molecule has 0 spiro atoms. The second kappa shape index (κ2) is 9.68. The summed E-state index contributed by atoms with van der Waals surface area (Å²) in [6.07, 6.45) is 0. The van der Waals surface area contributed by atoms with Gasteiger partial charge in [-0.05, 0) is 60.0 Å². The minimum absolute atomic E-state index is 0.0333. The summed E-state index contributed by atoms with van der Waals surface area (Å²) in [6, 6.07) is 20.6. The van der Waals surface area contributed by atoms with Crippen molar-refractivity contribution in [2.24, 2.45) is 0 Å². The maximum Gasteiger partial charge on any atom is 0.343 e. The Morgan fingerprint density at radius 3 is 2.17 bits per heavy atom. The number of halogens is 2. The van der Waals surface area contributed by atoms with Gasteiger partial charge >= 0.3 is 5.97 Å². The molecule has 0 radical (unpaired) electrons. The van der Waals surface area contributed by atoms with E-state index in [-0.39, 0.29) is 16.1 Å². The molecule has 3 aromatic carbocycles. The number of nitrogens with zero attached hydrogens (tertiary/aromatic N) is 1. The van der Waals surface area contributed by atoms with E-state index in [1.54, 1.807) is 54.6 Å². The summed E-state index contributed by atoms with van der Waals surface area (Å²) in [6.45, 7) is 6.15. The highest BCUT2D eigenvalue weighted by Crippen LogP contribution is 2.32. The Morgan fingerprint density at radius 2 is 1.54 bits per heavy atom. The van der Waals surface area contributed by atoms with Crippen molar-refractivity contribution in [1.29, 1.82) is 0 Å². The number of hydrogen-bond donors (Lipinski definition) is 1. The largest absolute Gasteiger partial charge is 0.423 e. The van der Waals surface area contributed by atoms with Crippen molar-refractivity contribution in [3.63, 3.8) is 0 Å². The van der Waals surface area contributed by atoms with E-state index in [4.69, 9.17) is 16.3 Å². The molecular formula is C27H22BrClN2O4. The minimum Gasteiger partial charge on any atom is -0.423 e. The molecule has 0 aliphatic carbocycles. The van der Waals surface area contributed by atoms with Gasteiger partial charge in [-0.2, -0.15) is 0 Å². The number of hydrogen-bond acceptors (Lipinski definition) is 5. The lowest BCUT2D eigenvalue weighted by molar-refractivity contribution is -0.120. The number of benzene rings is 3. The lowest BCUT2D eigenvalue weighted by atomic mass is 9.86. The quantitative estimate of drug-likeness (QED) is 0.225. The number of anilines is 2. The molecule has 6 nitrogen and oxygen atoms in total. The molecule has 0 atom stereocenters. The van der Waals surface area contributed by atoms with E-state index in [1.165, 1.54) is 0 Å². The number of esters is 1. The maximum atomic E-state index is 12.9. The van der Waals surface area contributed by atoms with Crippen molar-refractivity contribution in [2.45, 2.75) is 26.2 Å². The van der Waals surface area contributed by atoms with Crippen LogP contribution in [0.4, 0.5) is 11.4 Å². The third-order valence-electron chi connectivity index (χ3n) is 5.40. The molecule has 35 heavy (non-hydrogen) atoms. The van der Waals surface area contributed by atoms with Crippen LogP contribution in [0.2, 0.25) is 0 Å². The van der Waals surface area contributed by atoms with E-state index in [2.05, 4.69) is 21.2 Å². The van der Waals surface area contributed by atoms with Gasteiger partial charge < -0.3 is 10.1 Å². The predicted octanol–water partition coefficient (Wildman–Crippen LogP) is 6.40. The van der Waals surface area contributed by atoms with Crippen molar-refractivity contribution in [2.75, 3.05) is 10.2 Å². The van der Waals surface area contributed by atoms with Crippen molar-refractivity contribution in [1.82, 2.24) is 0 Å². The monoisotopic (exact) mass is 552 g/mol. The molecule has 0 aromatic heterocycles. The highest BCUT2D eigenvalue weighted by atomic mass is 79.9. The first-order chi connectivity index (χ1) is 16.6. The number of para-hydroxylation sites is 1. The third kappa shape index (κ3) is 5.16. The molecule has 3 aromatic rings. The summed E-state index contributed by atoms with van der Waals surface area (Å²) in [7, 11) is 0. The third-order valence-corrected chi connectivity index (χ3v) is 6.28. The van der Waals surface area contributed by atoms with Gasteiger partial charge in [0.25, 0.3) is 11.8 Å². The van der Waals surface area contributed by atoms with Crippen molar-refractivity contribution in [3.8, 4) is 5.75 Å². The lowest BCUT2D eigenvalue weighted by Crippen LogP contribution is -2.32. The molecule has 1 aliphatic rings. The highest BCUT2D eigenvalue weighted by molar-refractivity contribution is 9.10. The Hall–Kier alpha value is -3.42. The van der Waals surface area contributed by atoms with E-state index in [0.717, 1.165) is 14.9 Å². The molecule has 0 saturated heterocycles. The SMILES string of the molecule is CC(C)(C)c1ccccc1OC(=O)c1ccc(NC2=C(Cl)C(=O)N(c3ccc(Br)cc3)C2=O)cc1. The van der Waals surface area contributed by atoms with Crippen LogP contribution in [-0.4, -0.2) is 17.8 Å². The molecule has 2 amide bonds. The zero-order valence-electron chi connectivity index (χ0n) is 19.3. The number of amides is 2. The van der Waals surface area contributed by atoms with Crippen LogP contribution in [-0.2, 0) is 15.0 Å². The van der Waals surface area contributed by atoms with Gasteiger partial charge in [-0.3, -0.25) is 9.59 Å². The van der Waals surface area contributed by atoms with Crippen LogP contribution < -0.4 is 15.0 Å². The molecule has 1 heterocycles.